The Kier molecular flexibility index (Phi) is 4.97. The third-order valence-corrected chi connectivity index (χ3v) is 4.89. The summed E-state index contributed by atoms with van der Waals surface area (Å²) in [6, 6.07) is 5.56. The summed E-state index contributed by atoms with van der Waals surface area (Å²) in [5, 5.41) is 8.80. The summed E-state index contributed by atoms with van der Waals surface area (Å²) in [5.74, 6) is -1.21. The van der Waals surface area contributed by atoms with E-state index in [1.54, 1.807) is 6.92 Å². The molecule has 116 valence electrons. The average molecular weight is 313 g/mol. The Morgan fingerprint density at radius 1 is 1.43 bits per heavy atom. The van der Waals surface area contributed by atoms with Gasteiger partial charge >= 0.3 is 5.97 Å². The van der Waals surface area contributed by atoms with E-state index in [4.69, 9.17) is 9.84 Å². The summed E-state index contributed by atoms with van der Waals surface area (Å²) < 4.78 is 32.3. The summed E-state index contributed by atoms with van der Waals surface area (Å²) in [7, 11) is -3.48. The molecule has 1 aliphatic heterocycles. The minimum Gasteiger partial charge on any atom is -0.478 e. The van der Waals surface area contributed by atoms with Gasteiger partial charge in [-0.3, -0.25) is 0 Å². The number of hydrogen-bond acceptors (Lipinski definition) is 4. The molecule has 0 spiro atoms. The number of aromatic carboxylic acids is 1. The molecular formula is C14H19NO5S. The molecule has 1 aromatic rings. The Balaban J connectivity index is 1.98. The van der Waals surface area contributed by atoms with Gasteiger partial charge < -0.3 is 9.84 Å². The van der Waals surface area contributed by atoms with Crippen LogP contribution in [0.1, 0.15) is 35.7 Å². The van der Waals surface area contributed by atoms with Gasteiger partial charge in [0.05, 0.1) is 17.4 Å². The van der Waals surface area contributed by atoms with Gasteiger partial charge in [-0.05, 0) is 37.5 Å². The van der Waals surface area contributed by atoms with Crippen molar-refractivity contribution in [1.82, 2.24) is 4.72 Å². The topological polar surface area (TPSA) is 92.7 Å². The van der Waals surface area contributed by atoms with Crippen molar-refractivity contribution in [2.24, 2.45) is 0 Å². The van der Waals surface area contributed by atoms with E-state index in [-0.39, 0.29) is 23.5 Å². The predicted octanol–water partition coefficient (Wildman–Crippen LogP) is 1.37. The lowest BCUT2D eigenvalue weighted by Gasteiger charge is -2.19. The summed E-state index contributed by atoms with van der Waals surface area (Å²) in [4.78, 5) is 10.7. The smallest absolute Gasteiger partial charge is 0.335 e. The summed E-state index contributed by atoms with van der Waals surface area (Å²) in [6.45, 7) is 2.47. The molecule has 7 heteroatoms. The fourth-order valence-electron chi connectivity index (χ4n) is 2.36. The molecule has 2 rings (SSSR count). The number of hydrogen-bond donors (Lipinski definition) is 2. The molecule has 21 heavy (non-hydrogen) atoms. The maximum Gasteiger partial charge on any atom is 0.335 e. The second kappa shape index (κ2) is 6.55. The molecule has 1 aliphatic rings. The Labute approximate surface area is 124 Å². The van der Waals surface area contributed by atoms with E-state index in [1.807, 2.05) is 0 Å². The standard InChI is InChI=1S/C14H19NO5S/c1-10(13-3-2-8-20-13)15-21(18,19)9-11-4-6-12(7-5-11)14(16)17/h4-7,10,13,15H,2-3,8-9H2,1H3,(H,16,17). The number of nitrogens with one attached hydrogen (secondary N) is 1. The third-order valence-electron chi connectivity index (χ3n) is 3.45. The van der Waals surface area contributed by atoms with Crippen LogP contribution in [0.4, 0.5) is 0 Å². The first kappa shape index (κ1) is 15.9. The second-order valence-corrected chi connectivity index (χ2v) is 6.97. The first-order valence-electron chi connectivity index (χ1n) is 6.81. The number of rotatable bonds is 6. The zero-order chi connectivity index (χ0) is 15.5. The van der Waals surface area contributed by atoms with E-state index < -0.39 is 16.0 Å². The number of benzene rings is 1. The van der Waals surface area contributed by atoms with Crippen LogP contribution in [0.15, 0.2) is 24.3 Å². The van der Waals surface area contributed by atoms with Crippen LogP contribution < -0.4 is 4.72 Å². The first-order valence-corrected chi connectivity index (χ1v) is 8.46. The van der Waals surface area contributed by atoms with Gasteiger partial charge in [-0.25, -0.2) is 17.9 Å². The number of sulfonamides is 1. The molecule has 1 saturated heterocycles. The van der Waals surface area contributed by atoms with Crippen molar-refractivity contribution >= 4 is 16.0 Å². The molecule has 2 N–H and O–H groups in total. The highest BCUT2D eigenvalue weighted by Gasteiger charge is 2.26. The zero-order valence-electron chi connectivity index (χ0n) is 11.8. The molecule has 0 radical (unpaired) electrons. The summed E-state index contributed by atoms with van der Waals surface area (Å²) in [6.07, 6.45) is 1.74. The Bertz CT molecular complexity index is 590. The van der Waals surface area contributed by atoms with Gasteiger partial charge in [0.1, 0.15) is 0 Å². The van der Waals surface area contributed by atoms with Crippen molar-refractivity contribution in [3.8, 4) is 0 Å². The van der Waals surface area contributed by atoms with Crippen LogP contribution >= 0.6 is 0 Å². The monoisotopic (exact) mass is 313 g/mol. The van der Waals surface area contributed by atoms with Crippen LogP contribution in [-0.4, -0.2) is 38.2 Å². The van der Waals surface area contributed by atoms with Crippen molar-refractivity contribution in [2.45, 2.75) is 37.7 Å². The maximum atomic E-state index is 12.1. The number of carboxylic acids is 1. The molecule has 1 fully saturated rings. The molecule has 1 heterocycles. The van der Waals surface area contributed by atoms with Crippen LogP contribution in [0.25, 0.3) is 0 Å². The molecule has 2 unspecified atom stereocenters. The van der Waals surface area contributed by atoms with Crippen molar-refractivity contribution < 1.29 is 23.1 Å². The van der Waals surface area contributed by atoms with E-state index >= 15 is 0 Å². The quantitative estimate of drug-likeness (QED) is 0.827. The predicted molar refractivity (Wildman–Crippen MR) is 77.6 cm³/mol. The lowest BCUT2D eigenvalue weighted by molar-refractivity contribution is 0.0697. The Hall–Kier alpha value is -1.44. The molecular weight excluding hydrogens is 294 g/mol. The van der Waals surface area contributed by atoms with Crippen LogP contribution in [0, 0.1) is 0 Å². The van der Waals surface area contributed by atoms with E-state index in [0.717, 1.165) is 12.8 Å². The molecule has 6 nitrogen and oxygen atoms in total. The highest BCUT2D eigenvalue weighted by Crippen LogP contribution is 2.16. The molecule has 0 aromatic heterocycles. The minimum atomic E-state index is -3.48. The van der Waals surface area contributed by atoms with Crippen LogP contribution in [0.5, 0.6) is 0 Å². The summed E-state index contributed by atoms with van der Waals surface area (Å²) >= 11 is 0. The van der Waals surface area contributed by atoms with E-state index in [2.05, 4.69) is 4.72 Å². The van der Waals surface area contributed by atoms with Crippen molar-refractivity contribution in [3.63, 3.8) is 0 Å². The maximum absolute atomic E-state index is 12.1. The van der Waals surface area contributed by atoms with Gasteiger partial charge in [-0.15, -0.1) is 0 Å². The normalized spacial score (nSPS) is 20.3. The van der Waals surface area contributed by atoms with Gasteiger partial charge in [0, 0.05) is 12.6 Å². The molecule has 1 aromatic carbocycles. The Morgan fingerprint density at radius 2 is 2.10 bits per heavy atom. The minimum absolute atomic E-state index is 0.0749. The molecule has 2 atom stereocenters. The first-order chi connectivity index (χ1) is 9.87. The van der Waals surface area contributed by atoms with Crippen molar-refractivity contribution in [2.75, 3.05) is 6.61 Å². The van der Waals surface area contributed by atoms with Crippen LogP contribution in [0.3, 0.4) is 0 Å². The van der Waals surface area contributed by atoms with E-state index in [9.17, 15) is 13.2 Å². The largest absolute Gasteiger partial charge is 0.478 e. The van der Waals surface area contributed by atoms with Crippen LogP contribution in [0.2, 0.25) is 0 Å². The van der Waals surface area contributed by atoms with Crippen molar-refractivity contribution in [3.05, 3.63) is 35.4 Å². The number of carboxylic acid groups (broad SMARTS) is 1. The molecule has 0 aliphatic carbocycles. The average Bonchev–Trinajstić information content (AvgIpc) is 2.92. The fraction of sp³-hybridized carbons (Fsp3) is 0.500. The lowest BCUT2D eigenvalue weighted by Crippen LogP contribution is -2.41. The SMILES string of the molecule is CC(NS(=O)(=O)Cc1ccc(C(=O)O)cc1)C1CCCO1. The highest BCUT2D eigenvalue weighted by atomic mass is 32.2. The van der Waals surface area contributed by atoms with Crippen LogP contribution in [-0.2, 0) is 20.5 Å². The zero-order valence-corrected chi connectivity index (χ0v) is 12.6. The highest BCUT2D eigenvalue weighted by molar-refractivity contribution is 7.88. The lowest BCUT2D eigenvalue weighted by atomic mass is 10.1. The second-order valence-electron chi connectivity index (χ2n) is 5.22. The van der Waals surface area contributed by atoms with Crippen molar-refractivity contribution in [1.29, 1.82) is 0 Å². The van der Waals surface area contributed by atoms with Gasteiger partial charge in [0.25, 0.3) is 0 Å². The third kappa shape index (κ3) is 4.52. The van der Waals surface area contributed by atoms with E-state index in [0.29, 0.717) is 12.2 Å². The number of carbonyl (C=O) groups is 1. The molecule has 0 saturated carbocycles. The van der Waals surface area contributed by atoms with Gasteiger partial charge in [-0.1, -0.05) is 12.1 Å². The van der Waals surface area contributed by atoms with Gasteiger partial charge in [0.2, 0.25) is 10.0 Å². The molecule has 0 amide bonds. The summed E-state index contributed by atoms with van der Waals surface area (Å²) in [5.41, 5.74) is 0.684. The number of ether oxygens (including phenoxy) is 1. The van der Waals surface area contributed by atoms with Gasteiger partial charge in [-0.2, -0.15) is 0 Å². The van der Waals surface area contributed by atoms with Gasteiger partial charge in [0.15, 0.2) is 0 Å². The molecule has 0 bridgehead atoms. The Morgan fingerprint density at radius 3 is 2.62 bits per heavy atom. The fourth-order valence-corrected chi connectivity index (χ4v) is 3.79. The van der Waals surface area contributed by atoms with E-state index in [1.165, 1.54) is 24.3 Å².